The molecule has 76 valence electrons. The Hall–Kier alpha value is -0.210. The maximum atomic E-state index is 5.91. The smallest absolute Gasteiger partial charge is 0.0514 e. The van der Waals surface area contributed by atoms with Crippen LogP contribution in [0.3, 0.4) is 0 Å². The highest BCUT2D eigenvalue weighted by Crippen LogP contribution is 2.33. The molecule has 0 radical (unpaired) electrons. The summed E-state index contributed by atoms with van der Waals surface area (Å²) in [7, 11) is 0. The van der Waals surface area contributed by atoms with Crippen LogP contribution >= 0.6 is 27.5 Å². The first-order chi connectivity index (χ1) is 6.68. The molecule has 1 unspecified atom stereocenters. The summed E-state index contributed by atoms with van der Waals surface area (Å²) in [6.07, 6.45) is 2.57. The Morgan fingerprint density at radius 3 is 2.86 bits per heavy atom. The van der Waals surface area contributed by atoms with E-state index in [4.69, 9.17) is 11.6 Å². The van der Waals surface area contributed by atoms with Crippen LogP contribution in [0, 0.1) is 0 Å². The monoisotopic (exact) mass is 273 g/mol. The molecule has 1 atom stereocenters. The number of hydrogen-bond acceptors (Lipinski definition) is 1. The largest absolute Gasteiger partial charge is 0.368 e. The molecule has 1 aromatic rings. The van der Waals surface area contributed by atoms with E-state index in [1.54, 1.807) is 0 Å². The zero-order valence-corrected chi connectivity index (χ0v) is 10.5. The Bertz CT molecular complexity index is 340. The molecule has 1 heterocycles. The molecule has 0 N–H and O–H groups in total. The topological polar surface area (TPSA) is 3.24 Å². The van der Waals surface area contributed by atoms with Gasteiger partial charge in [-0.1, -0.05) is 11.6 Å². The van der Waals surface area contributed by atoms with Crippen LogP contribution in [-0.4, -0.2) is 12.6 Å². The van der Waals surface area contributed by atoms with Crippen LogP contribution in [0.5, 0.6) is 0 Å². The second-order valence-electron chi connectivity index (χ2n) is 3.78. The van der Waals surface area contributed by atoms with Gasteiger partial charge >= 0.3 is 0 Å². The third kappa shape index (κ3) is 1.91. The molecule has 14 heavy (non-hydrogen) atoms. The summed E-state index contributed by atoms with van der Waals surface area (Å²) < 4.78 is 1.10. The van der Waals surface area contributed by atoms with Crippen LogP contribution < -0.4 is 4.90 Å². The second-order valence-corrected chi connectivity index (χ2v) is 5.07. The van der Waals surface area contributed by atoms with Crippen molar-refractivity contribution in [2.75, 3.05) is 11.4 Å². The van der Waals surface area contributed by atoms with Crippen LogP contribution in [0.2, 0.25) is 5.02 Å². The quantitative estimate of drug-likeness (QED) is 0.745. The summed E-state index contributed by atoms with van der Waals surface area (Å²) in [5.74, 6) is 0. The SMILES string of the molecule is CC1CCCN1c1ccc(Cl)cc1Br. The van der Waals surface area contributed by atoms with Gasteiger partial charge in [-0.05, 0) is 53.9 Å². The molecule has 1 fully saturated rings. The lowest BCUT2D eigenvalue weighted by molar-refractivity contribution is 0.734. The van der Waals surface area contributed by atoms with Crippen LogP contribution in [0.25, 0.3) is 0 Å². The molecule has 0 bridgehead atoms. The second kappa shape index (κ2) is 4.11. The third-order valence-electron chi connectivity index (χ3n) is 2.77. The van der Waals surface area contributed by atoms with Crippen molar-refractivity contribution in [1.82, 2.24) is 0 Å². The molecule has 3 heteroatoms. The Labute approximate surface area is 98.2 Å². The summed E-state index contributed by atoms with van der Waals surface area (Å²) in [6, 6.07) is 6.65. The van der Waals surface area contributed by atoms with E-state index in [2.05, 4.69) is 33.8 Å². The van der Waals surface area contributed by atoms with Crippen molar-refractivity contribution in [3.63, 3.8) is 0 Å². The normalized spacial score (nSPS) is 21.6. The van der Waals surface area contributed by atoms with Crippen LogP contribution in [0.1, 0.15) is 19.8 Å². The van der Waals surface area contributed by atoms with Gasteiger partial charge in [-0.25, -0.2) is 0 Å². The highest BCUT2D eigenvalue weighted by molar-refractivity contribution is 9.10. The maximum absolute atomic E-state index is 5.91. The molecule has 0 saturated carbocycles. The van der Waals surface area contributed by atoms with Crippen molar-refractivity contribution < 1.29 is 0 Å². The van der Waals surface area contributed by atoms with Crippen molar-refractivity contribution >= 4 is 33.2 Å². The highest BCUT2D eigenvalue weighted by atomic mass is 79.9. The summed E-state index contributed by atoms with van der Waals surface area (Å²) in [4.78, 5) is 2.43. The predicted molar refractivity (Wildman–Crippen MR) is 65.2 cm³/mol. The first-order valence-electron chi connectivity index (χ1n) is 4.90. The van der Waals surface area contributed by atoms with Crippen molar-refractivity contribution in [1.29, 1.82) is 0 Å². The Balaban J connectivity index is 2.31. The number of benzene rings is 1. The number of nitrogens with zero attached hydrogens (tertiary/aromatic N) is 1. The fourth-order valence-corrected chi connectivity index (χ4v) is 2.92. The van der Waals surface area contributed by atoms with Crippen molar-refractivity contribution in [3.05, 3.63) is 27.7 Å². The predicted octanol–water partition coefficient (Wildman–Crippen LogP) is 4.09. The van der Waals surface area contributed by atoms with Gasteiger partial charge in [0.1, 0.15) is 0 Å². The van der Waals surface area contributed by atoms with Crippen molar-refractivity contribution in [2.45, 2.75) is 25.8 Å². The summed E-state index contributed by atoms with van der Waals surface area (Å²) in [5.41, 5.74) is 1.26. The van der Waals surface area contributed by atoms with Crippen LogP contribution in [0.15, 0.2) is 22.7 Å². The van der Waals surface area contributed by atoms with E-state index < -0.39 is 0 Å². The Kier molecular flexibility index (Phi) is 3.03. The van der Waals surface area contributed by atoms with E-state index in [1.807, 2.05) is 12.1 Å². The van der Waals surface area contributed by atoms with Crippen molar-refractivity contribution in [3.8, 4) is 0 Å². The zero-order chi connectivity index (χ0) is 10.1. The molecule has 1 aliphatic heterocycles. The maximum Gasteiger partial charge on any atom is 0.0514 e. The standard InChI is InChI=1S/C11H13BrClN/c1-8-3-2-6-14(8)11-5-4-9(13)7-10(11)12/h4-5,7-8H,2-3,6H2,1H3. The number of halogens is 2. The van der Waals surface area contributed by atoms with E-state index >= 15 is 0 Å². The average Bonchev–Trinajstić information content (AvgIpc) is 2.52. The van der Waals surface area contributed by atoms with Gasteiger partial charge in [-0.15, -0.1) is 0 Å². The van der Waals surface area contributed by atoms with E-state index in [1.165, 1.54) is 18.5 Å². The molecule has 0 spiro atoms. The van der Waals surface area contributed by atoms with Gasteiger partial charge in [0.05, 0.1) is 5.69 Å². The van der Waals surface area contributed by atoms with E-state index in [-0.39, 0.29) is 0 Å². The number of hydrogen-bond donors (Lipinski definition) is 0. The van der Waals surface area contributed by atoms with E-state index in [0.717, 1.165) is 16.0 Å². The molecule has 1 nitrogen and oxygen atoms in total. The molecule has 1 aromatic carbocycles. The summed E-state index contributed by atoms with van der Waals surface area (Å²) in [6.45, 7) is 3.43. The van der Waals surface area contributed by atoms with E-state index in [9.17, 15) is 0 Å². The Morgan fingerprint density at radius 2 is 2.29 bits per heavy atom. The van der Waals surface area contributed by atoms with Gasteiger partial charge in [-0.2, -0.15) is 0 Å². The molecule has 2 rings (SSSR count). The number of anilines is 1. The minimum absolute atomic E-state index is 0.646. The van der Waals surface area contributed by atoms with Gasteiger partial charge in [0.15, 0.2) is 0 Å². The number of rotatable bonds is 1. The summed E-state index contributed by atoms with van der Waals surface area (Å²) >= 11 is 9.47. The molecule has 1 saturated heterocycles. The van der Waals surface area contributed by atoms with Gasteiger partial charge in [0, 0.05) is 22.1 Å². The Morgan fingerprint density at radius 1 is 1.50 bits per heavy atom. The first kappa shape index (κ1) is 10.3. The van der Waals surface area contributed by atoms with Gasteiger partial charge in [-0.3, -0.25) is 0 Å². The van der Waals surface area contributed by atoms with Gasteiger partial charge < -0.3 is 4.90 Å². The van der Waals surface area contributed by atoms with Crippen molar-refractivity contribution in [2.24, 2.45) is 0 Å². The molecular weight excluding hydrogens is 261 g/mol. The lowest BCUT2D eigenvalue weighted by Gasteiger charge is -2.25. The minimum Gasteiger partial charge on any atom is -0.368 e. The van der Waals surface area contributed by atoms with Crippen LogP contribution in [-0.2, 0) is 0 Å². The fraction of sp³-hybridized carbons (Fsp3) is 0.455. The highest BCUT2D eigenvalue weighted by Gasteiger charge is 2.21. The fourth-order valence-electron chi connectivity index (χ4n) is 2.01. The first-order valence-corrected chi connectivity index (χ1v) is 6.07. The van der Waals surface area contributed by atoms with Gasteiger partial charge in [0.25, 0.3) is 0 Å². The van der Waals surface area contributed by atoms with E-state index in [0.29, 0.717) is 6.04 Å². The molecule has 0 amide bonds. The van der Waals surface area contributed by atoms with Gasteiger partial charge in [0.2, 0.25) is 0 Å². The molecule has 0 aliphatic carbocycles. The average molecular weight is 275 g/mol. The zero-order valence-electron chi connectivity index (χ0n) is 8.13. The molecule has 1 aliphatic rings. The molecular formula is C11H13BrClN. The molecule has 0 aromatic heterocycles. The lowest BCUT2D eigenvalue weighted by Crippen LogP contribution is -2.26. The summed E-state index contributed by atoms with van der Waals surface area (Å²) in [5, 5.41) is 0.785. The lowest BCUT2D eigenvalue weighted by atomic mass is 10.2. The third-order valence-corrected chi connectivity index (χ3v) is 3.64. The minimum atomic E-state index is 0.646. The van der Waals surface area contributed by atoms with Crippen LogP contribution in [0.4, 0.5) is 5.69 Å².